The fourth-order valence-corrected chi connectivity index (χ4v) is 1.84. The van der Waals surface area contributed by atoms with Crippen LogP contribution in [0.5, 0.6) is 0 Å². The van der Waals surface area contributed by atoms with Crippen molar-refractivity contribution in [3.8, 4) is 6.07 Å². The van der Waals surface area contributed by atoms with Crippen LogP contribution in [0.1, 0.15) is 17.8 Å². The Kier molecular flexibility index (Phi) is 3.33. The number of hydrogen-bond acceptors (Lipinski definition) is 3. The summed E-state index contributed by atoms with van der Waals surface area (Å²) in [6.45, 7) is 2.06. The zero-order chi connectivity index (χ0) is 11.4. The summed E-state index contributed by atoms with van der Waals surface area (Å²) >= 11 is 0. The third kappa shape index (κ3) is 2.47. The molecule has 1 aromatic heterocycles. The molecule has 2 heterocycles. The van der Waals surface area contributed by atoms with Crippen LogP contribution in [-0.4, -0.2) is 30.0 Å². The highest BCUT2D eigenvalue weighted by Gasteiger charge is 2.10. The molecule has 3 heteroatoms. The summed E-state index contributed by atoms with van der Waals surface area (Å²) in [5.74, 6) is 0. The highest BCUT2D eigenvalue weighted by molar-refractivity contribution is 5.63. The standard InChI is InChI=1S/C13H15N3/c1-16-9-6-11(7-10-16)13-4-2-3-12(15-13)5-8-14/h2-4,6H,5,7,9-10H2,1H3. The van der Waals surface area contributed by atoms with Crippen molar-refractivity contribution < 1.29 is 0 Å². The second-order valence-electron chi connectivity index (χ2n) is 4.09. The van der Waals surface area contributed by atoms with E-state index in [4.69, 9.17) is 5.26 Å². The topological polar surface area (TPSA) is 39.9 Å². The molecule has 0 N–H and O–H groups in total. The van der Waals surface area contributed by atoms with Gasteiger partial charge in [-0.1, -0.05) is 12.1 Å². The van der Waals surface area contributed by atoms with Crippen LogP contribution in [-0.2, 0) is 6.42 Å². The molecule has 1 aliphatic rings. The number of nitriles is 1. The third-order valence-electron chi connectivity index (χ3n) is 2.81. The van der Waals surface area contributed by atoms with Crippen LogP contribution in [0.4, 0.5) is 0 Å². The van der Waals surface area contributed by atoms with Crippen LogP contribution >= 0.6 is 0 Å². The summed E-state index contributed by atoms with van der Waals surface area (Å²) in [5, 5.41) is 8.64. The van der Waals surface area contributed by atoms with Crippen molar-refractivity contribution in [2.75, 3.05) is 20.1 Å². The van der Waals surface area contributed by atoms with Gasteiger partial charge in [0.15, 0.2) is 0 Å². The van der Waals surface area contributed by atoms with Crippen molar-refractivity contribution in [3.63, 3.8) is 0 Å². The van der Waals surface area contributed by atoms with E-state index in [9.17, 15) is 0 Å². The number of hydrogen-bond donors (Lipinski definition) is 0. The van der Waals surface area contributed by atoms with E-state index in [1.807, 2.05) is 18.2 Å². The number of aromatic nitrogens is 1. The molecule has 0 radical (unpaired) electrons. The first kappa shape index (κ1) is 10.8. The molecule has 0 fully saturated rings. The smallest absolute Gasteiger partial charge is 0.0774 e. The van der Waals surface area contributed by atoms with Crippen molar-refractivity contribution in [3.05, 3.63) is 35.7 Å². The van der Waals surface area contributed by atoms with Crippen molar-refractivity contribution in [1.82, 2.24) is 9.88 Å². The molecule has 0 bridgehead atoms. The summed E-state index contributed by atoms with van der Waals surface area (Å²) in [5.41, 5.74) is 3.19. The molecule has 0 saturated heterocycles. The lowest BCUT2D eigenvalue weighted by atomic mass is 10.0. The van der Waals surface area contributed by atoms with Gasteiger partial charge >= 0.3 is 0 Å². The fourth-order valence-electron chi connectivity index (χ4n) is 1.84. The summed E-state index contributed by atoms with van der Waals surface area (Å²) in [6, 6.07) is 8.04. The normalized spacial score (nSPS) is 16.6. The van der Waals surface area contributed by atoms with Crippen LogP contribution < -0.4 is 0 Å². The summed E-state index contributed by atoms with van der Waals surface area (Å²) in [4.78, 5) is 6.78. The zero-order valence-electron chi connectivity index (χ0n) is 9.48. The molecule has 0 aliphatic carbocycles. The lowest BCUT2D eigenvalue weighted by Gasteiger charge is -2.21. The van der Waals surface area contributed by atoms with Gasteiger partial charge in [0.05, 0.1) is 23.9 Å². The second-order valence-corrected chi connectivity index (χ2v) is 4.09. The SMILES string of the molecule is CN1CC=C(c2cccc(CC#N)n2)CC1. The predicted octanol–water partition coefficient (Wildman–Crippen LogP) is 1.87. The van der Waals surface area contributed by atoms with Crippen LogP contribution in [0.2, 0.25) is 0 Å². The molecule has 2 rings (SSSR count). The Morgan fingerprint density at radius 3 is 3.06 bits per heavy atom. The van der Waals surface area contributed by atoms with Crippen molar-refractivity contribution >= 4 is 5.57 Å². The zero-order valence-corrected chi connectivity index (χ0v) is 9.48. The van der Waals surface area contributed by atoms with E-state index < -0.39 is 0 Å². The molecule has 0 saturated carbocycles. The Morgan fingerprint density at radius 1 is 1.50 bits per heavy atom. The highest BCUT2D eigenvalue weighted by atomic mass is 15.1. The summed E-state index contributed by atoms with van der Waals surface area (Å²) < 4.78 is 0. The largest absolute Gasteiger partial charge is 0.302 e. The van der Waals surface area contributed by atoms with Gasteiger partial charge in [0.25, 0.3) is 0 Å². The molecule has 16 heavy (non-hydrogen) atoms. The Hall–Kier alpha value is -1.66. The molecule has 0 amide bonds. The minimum atomic E-state index is 0.390. The maximum atomic E-state index is 8.64. The van der Waals surface area contributed by atoms with Gasteiger partial charge in [-0.25, -0.2) is 0 Å². The van der Waals surface area contributed by atoms with E-state index in [1.165, 1.54) is 5.57 Å². The van der Waals surface area contributed by atoms with Gasteiger partial charge in [0.1, 0.15) is 0 Å². The maximum absolute atomic E-state index is 8.64. The van der Waals surface area contributed by atoms with E-state index in [-0.39, 0.29) is 0 Å². The first-order valence-electron chi connectivity index (χ1n) is 5.50. The van der Waals surface area contributed by atoms with E-state index in [0.29, 0.717) is 6.42 Å². The molecule has 0 atom stereocenters. The van der Waals surface area contributed by atoms with Gasteiger partial charge in [-0.3, -0.25) is 4.98 Å². The molecular formula is C13H15N3. The monoisotopic (exact) mass is 213 g/mol. The first-order valence-corrected chi connectivity index (χ1v) is 5.50. The minimum Gasteiger partial charge on any atom is -0.302 e. The predicted molar refractivity (Wildman–Crippen MR) is 63.6 cm³/mol. The lowest BCUT2D eigenvalue weighted by Crippen LogP contribution is -2.23. The van der Waals surface area contributed by atoms with Crippen molar-refractivity contribution in [1.29, 1.82) is 5.26 Å². The van der Waals surface area contributed by atoms with Gasteiger partial charge in [0.2, 0.25) is 0 Å². The number of rotatable bonds is 2. The fraction of sp³-hybridized carbons (Fsp3) is 0.385. The Bertz CT molecular complexity index is 443. The van der Waals surface area contributed by atoms with Crippen LogP contribution in [0.3, 0.4) is 0 Å². The Labute approximate surface area is 96.0 Å². The molecule has 82 valence electrons. The third-order valence-corrected chi connectivity index (χ3v) is 2.81. The number of nitrogens with zero attached hydrogens (tertiary/aromatic N) is 3. The van der Waals surface area contributed by atoms with Gasteiger partial charge in [-0.2, -0.15) is 5.26 Å². The van der Waals surface area contributed by atoms with Gasteiger partial charge in [0, 0.05) is 13.1 Å². The van der Waals surface area contributed by atoms with E-state index in [1.54, 1.807) is 0 Å². The molecule has 0 spiro atoms. The summed E-state index contributed by atoms with van der Waals surface area (Å²) in [7, 11) is 2.12. The molecule has 1 aliphatic heterocycles. The van der Waals surface area contributed by atoms with E-state index in [2.05, 4.69) is 29.1 Å². The average Bonchev–Trinajstić information content (AvgIpc) is 2.31. The number of pyridine rings is 1. The van der Waals surface area contributed by atoms with Crippen LogP contribution in [0.25, 0.3) is 5.57 Å². The lowest BCUT2D eigenvalue weighted by molar-refractivity contribution is 0.369. The quantitative estimate of drug-likeness (QED) is 0.753. The molecule has 3 nitrogen and oxygen atoms in total. The summed E-state index contributed by atoms with van der Waals surface area (Å²) in [6.07, 6.45) is 3.66. The van der Waals surface area contributed by atoms with Crippen molar-refractivity contribution in [2.24, 2.45) is 0 Å². The van der Waals surface area contributed by atoms with E-state index in [0.717, 1.165) is 30.9 Å². The number of likely N-dealkylation sites (N-methyl/N-ethyl adjacent to an activating group) is 1. The Balaban J connectivity index is 2.21. The first-order chi connectivity index (χ1) is 7.79. The molecular weight excluding hydrogens is 198 g/mol. The molecule has 1 aromatic rings. The average molecular weight is 213 g/mol. The minimum absolute atomic E-state index is 0.390. The highest BCUT2D eigenvalue weighted by Crippen LogP contribution is 2.20. The van der Waals surface area contributed by atoms with Gasteiger partial charge in [-0.15, -0.1) is 0 Å². The molecule has 0 aromatic carbocycles. The van der Waals surface area contributed by atoms with Gasteiger partial charge in [-0.05, 0) is 31.2 Å². The van der Waals surface area contributed by atoms with Crippen molar-refractivity contribution in [2.45, 2.75) is 12.8 Å². The maximum Gasteiger partial charge on any atom is 0.0774 e. The van der Waals surface area contributed by atoms with Gasteiger partial charge < -0.3 is 4.90 Å². The van der Waals surface area contributed by atoms with E-state index >= 15 is 0 Å². The van der Waals surface area contributed by atoms with Crippen LogP contribution in [0, 0.1) is 11.3 Å². The van der Waals surface area contributed by atoms with Crippen LogP contribution in [0.15, 0.2) is 24.3 Å². The Morgan fingerprint density at radius 2 is 2.38 bits per heavy atom. The molecule has 0 unspecified atom stereocenters. The second kappa shape index (κ2) is 4.91.